The van der Waals surface area contributed by atoms with Crippen molar-refractivity contribution < 1.29 is 9.59 Å². The van der Waals surface area contributed by atoms with Crippen LogP contribution in [-0.4, -0.2) is 47.8 Å². The molecule has 2 saturated heterocycles. The zero-order chi connectivity index (χ0) is 13.9. The highest BCUT2D eigenvalue weighted by molar-refractivity contribution is 5.89. The van der Waals surface area contributed by atoms with Crippen LogP contribution in [0.25, 0.3) is 0 Å². The minimum absolute atomic E-state index is 0.112. The molecule has 2 amide bonds. The Balaban J connectivity index is 1.53. The van der Waals surface area contributed by atoms with Gasteiger partial charge in [-0.15, -0.1) is 0 Å². The van der Waals surface area contributed by atoms with E-state index in [0.29, 0.717) is 19.5 Å². The molecule has 0 N–H and O–H groups in total. The Morgan fingerprint density at radius 3 is 2.60 bits per heavy atom. The van der Waals surface area contributed by atoms with Crippen molar-refractivity contribution in [2.45, 2.75) is 19.3 Å². The molecule has 3 rings (SSSR count). The highest BCUT2D eigenvalue weighted by Crippen LogP contribution is 2.22. The molecule has 4 nitrogen and oxygen atoms in total. The van der Waals surface area contributed by atoms with Gasteiger partial charge in [0.1, 0.15) is 0 Å². The van der Waals surface area contributed by atoms with Crippen molar-refractivity contribution in [3.8, 4) is 0 Å². The van der Waals surface area contributed by atoms with Crippen LogP contribution in [0.3, 0.4) is 0 Å². The van der Waals surface area contributed by atoms with Crippen molar-refractivity contribution in [3.05, 3.63) is 35.9 Å². The fraction of sp³-hybridized carbons (Fsp3) is 0.500. The summed E-state index contributed by atoms with van der Waals surface area (Å²) in [6, 6.07) is 10.2. The van der Waals surface area contributed by atoms with E-state index in [2.05, 4.69) is 12.1 Å². The molecule has 0 spiro atoms. The van der Waals surface area contributed by atoms with Gasteiger partial charge in [-0.25, -0.2) is 0 Å². The van der Waals surface area contributed by atoms with E-state index >= 15 is 0 Å². The minimum atomic E-state index is -0.112. The Labute approximate surface area is 119 Å². The van der Waals surface area contributed by atoms with Gasteiger partial charge in [0.25, 0.3) is 0 Å². The van der Waals surface area contributed by atoms with Crippen molar-refractivity contribution in [1.82, 2.24) is 9.80 Å². The summed E-state index contributed by atoms with van der Waals surface area (Å²) in [6.45, 7) is 3.05. The smallest absolute Gasteiger partial charge is 0.227 e. The quantitative estimate of drug-likeness (QED) is 0.829. The molecular weight excluding hydrogens is 252 g/mol. The van der Waals surface area contributed by atoms with Gasteiger partial charge in [-0.2, -0.15) is 0 Å². The Morgan fingerprint density at radius 2 is 1.95 bits per heavy atom. The van der Waals surface area contributed by atoms with E-state index in [0.717, 1.165) is 25.9 Å². The second-order valence-electron chi connectivity index (χ2n) is 5.66. The molecule has 1 unspecified atom stereocenters. The summed E-state index contributed by atoms with van der Waals surface area (Å²) in [5, 5.41) is 0. The van der Waals surface area contributed by atoms with Crippen LogP contribution in [0.5, 0.6) is 0 Å². The third-order valence-corrected chi connectivity index (χ3v) is 4.24. The summed E-state index contributed by atoms with van der Waals surface area (Å²) in [5.41, 5.74) is 1.23. The van der Waals surface area contributed by atoms with E-state index in [1.807, 2.05) is 28.0 Å². The normalized spacial score (nSPS) is 22.0. The van der Waals surface area contributed by atoms with Crippen molar-refractivity contribution in [2.24, 2.45) is 5.92 Å². The SMILES string of the molecule is O=C1CC(C(=O)N2CCC2)CN1CCc1ccccc1. The third-order valence-electron chi connectivity index (χ3n) is 4.24. The van der Waals surface area contributed by atoms with E-state index in [-0.39, 0.29) is 17.7 Å². The number of hydrogen-bond acceptors (Lipinski definition) is 2. The largest absolute Gasteiger partial charge is 0.342 e. The number of likely N-dealkylation sites (tertiary alicyclic amines) is 2. The first kappa shape index (κ1) is 13.2. The van der Waals surface area contributed by atoms with Crippen LogP contribution in [-0.2, 0) is 16.0 Å². The number of carbonyl (C=O) groups excluding carboxylic acids is 2. The second-order valence-corrected chi connectivity index (χ2v) is 5.66. The van der Waals surface area contributed by atoms with E-state index in [1.54, 1.807) is 0 Å². The van der Waals surface area contributed by atoms with Gasteiger partial charge in [-0.3, -0.25) is 9.59 Å². The van der Waals surface area contributed by atoms with Crippen molar-refractivity contribution in [2.75, 3.05) is 26.2 Å². The van der Waals surface area contributed by atoms with Crippen LogP contribution < -0.4 is 0 Å². The number of carbonyl (C=O) groups is 2. The highest BCUT2D eigenvalue weighted by Gasteiger charge is 2.37. The first-order valence-corrected chi connectivity index (χ1v) is 7.34. The lowest BCUT2D eigenvalue weighted by molar-refractivity contribution is -0.139. The van der Waals surface area contributed by atoms with E-state index in [4.69, 9.17) is 0 Å². The van der Waals surface area contributed by atoms with Gasteiger partial charge < -0.3 is 9.80 Å². The van der Waals surface area contributed by atoms with Gasteiger partial charge >= 0.3 is 0 Å². The second kappa shape index (κ2) is 5.65. The lowest BCUT2D eigenvalue weighted by atomic mass is 10.0. The van der Waals surface area contributed by atoms with Crippen LogP contribution in [0.4, 0.5) is 0 Å². The van der Waals surface area contributed by atoms with Gasteiger partial charge in [0.15, 0.2) is 0 Å². The average Bonchev–Trinajstić information content (AvgIpc) is 2.77. The Kier molecular flexibility index (Phi) is 3.72. The molecule has 2 fully saturated rings. The predicted molar refractivity (Wildman–Crippen MR) is 76.0 cm³/mol. The summed E-state index contributed by atoms with van der Waals surface area (Å²) in [4.78, 5) is 27.9. The number of benzene rings is 1. The topological polar surface area (TPSA) is 40.6 Å². The first-order valence-electron chi connectivity index (χ1n) is 7.34. The first-order chi connectivity index (χ1) is 9.74. The van der Waals surface area contributed by atoms with E-state index < -0.39 is 0 Å². The molecule has 0 radical (unpaired) electrons. The summed E-state index contributed by atoms with van der Waals surface area (Å²) in [5.74, 6) is 0.185. The number of rotatable bonds is 4. The molecule has 0 saturated carbocycles. The molecule has 0 aliphatic carbocycles. The molecule has 2 aliphatic heterocycles. The van der Waals surface area contributed by atoms with Crippen LogP contribution in [0.1, 0.15) is 18.4 Å². The van der Waals surface area contributed by atoms with Crippen molar-refractivity contribution >= 4 is 11.8 Å². The summed E-state index contributed by atoms with van der Waals surface area (Å²) >= 11 is 0. The maximum absolute atomic E-state index is 12.1. The molecule has 0 bridgehead atoms. The maximum Gasteiger partial charge on any atom is 0.227 e. The summed E-state index contributed by atoms with van der Waals surface area (Å²) in [6.07, 6.45) is 2.35. The minimum Gasteiger partial charge on any atom is -0.342 e. The monoisotopic (exact) mass is 272 g/mol. The lowest BCUT2D eigenvalue weighted by Crippen LogP contribution is -2.45. The summed E-state index contributed by atoms with van der Waals surface area (Å²) in [7, 11) is 0. The molecule has 2 aliphatic rings. The molecule has 1 aromatic rings. The predicted octanol–water partition coefficient (Wildman–Crippen LogP) is 1.31. The average molecular weight is 272 g/mol. The lowest BCUT2D eigenvalue weighted by Gasteiger charge is -2.32. The third kappa shape index (κ3) is 2.69. The Bertz CT molecular complexity index is 496. The van der Waals surface area contributed by atoms with E-state index in [9.17, 15) is 9.59 Å². The van der Waals surface area contributed by atoms with Gasteiger partial charge in [0.2, 0.25) is 11.8 Å². The molecule has 106 valence electrons. The van der Waals surface area contributed by atoms with Gasteiger partial charge in [0.05, 0.1) is 5.92 Å². The fourth-order valence-electron chi connectivity index (χ4n) is 2.86. The van der Waals surface area contributed by atoms with Crippen LogP contribution in [0, 0.1) is 5.92 Å². The highest BCUT2D eigenvalue weighted by atomic mass is 16.2. The molecular formula is C16H20N2O2. The maximum atomic E-state index is 12.1. The number of amides is 2. The zero-order valence-electron chi connectivity index (χ0n) is 11.6. The summed E-state index contributed by atoms with van der Waals surface area (Å²) < 4.78 is 0. The molecule has 20 heavy (non-hydrogen) atoms. The van der Waals surface area contributed by atoms with E-state index in [1.165, 1.54) is 5.56 Å². The van der Waals surface area contributed by atoms with Crippen molar-refractivity contribution in [1.29, 1.82) is 0 Å². The Hall–Kier alpha value is -1.84. The van der Waals surface area contributed by atoms with Gasteiger partial charge in [-0.1, -0.05) is 30.3 Å². The van der Waals surface area contributed by atoms with Crippen LogP contribution >= 0.6 is 0 Å². The molecule has 1 aromatic carbocycles. The molecule has 2 heterocycles. The molecule has 1 atom stereocenters. The van der Waals surface area contributed by atoms with Gasteiger partial charge in [0, 0.05) is 32.6 Å². The van der Waals surface area contributed by atoms with Gasteiger partial charge in [-0.05, 0) is 18.4 Å². The van der Waals surface area contributed by atoms with Crippen molar-refractivity contribution in [3.63, 3.8) is 0 Å². The zero-order valence-corrected chi connectivity index (χ0v) is 11.6. The fourth-order valence-corrected chi connectivity index (χ4v) is 2.86. The van der Waals surface area contributed by atoms with Crippen LogP contribution in [0.15, 0.2) is 30.3 Å². The van der Waals surface area contributed by atoms with Crippen LogP contribution in [0.2, 0.25) is 0 Å². The standard InChI is InChI=1S/C16H20N2O2/c19-15-11-14(16(20)17-8-4-9-17)12-18(15)10-7-13-5-2-1-3-6-13/h1-3,5-6,14H,4,7-12H2. The molecule has 0 aromatic heterocycles. The Morgan fingerprint density at radius 1 is 1.20 bits per heavy atom. The molecule has 4 heteroatoms. The number of hydrogen-bond donors (Lipinski definition) is 0. The number of nitrogens with zero attached hydrogens (tertiary/aromatic N) is 2.